The Balaban J connectivity index is 1.30. The van der Waals surface area contributed by atoms with E-state index in [-0.39, 0.29) is 71.3 Å². The Labute approximate surface area is 259 Å². The number of rotatable bonds is 9. The number of benzene rings is 2. The summed E-state index contributed by atoms with van der Waals surface area (Å²) in [5.74, 6) is 0.184. The molecule has 5 rings (SSSR count). The fourth-order valence-corrected chi connectivity index (χ4v) is 5.10. The Bertz CT molecular complexity index is 1650. The zero-order valence-electron chi connectivity index (χ0n) is 25.0. The fraction of sp³-hybridized carbons (Fsp3) is 0.333. The Hall–Kier alpha value is -5.46. The number of hydrogen-bond donors (Lipinski definition) is 6. The van der Waals surface area contributed by atoms with E-state index in [9.17, 15) is 14.9 Å². The van der Waals surface area contributed by atoms with Gasteiger partial charge in [-0.2, -0.15) is 20.5 Å². The van der Waals surface area contributed by atoms with Gasteiger partial charge in [-0.1, -0.05) is 38.1 Å². The molecule has 2 saturated heterocycles. The topological polar surface area (TPSA) is 216 Å². The largest absolute Gasteiger partial charge is 0.476 e. The minimum absolute atomic E-state index is 0.0204. The van der Waals surface area contributed by atoms with Crippen LogP contribution in [0.15, 0.2) is 63.9 Å². The Kier molecular flexibility index (Phi) is 9.56. The van der Waals surface area contributed by atoms with Crippen molar-refractivity contribution in [2.45, 2.75) is 45.7 Å². The van der Waals surface area contributed by atoms with Crippen LogP contribution in [0, 0.1) is 23.2 Å². The van der Waals surface area contributed by atoms with Crippen LogP contribution in [0.1, 0.15) is 62.6 Å². The molecule has 2 aromatic carbocycles. The molecule has 0 aliphatic carbocycles. The van der Waals surface area contributed by atoms with Gasteiger partial charge < -0.3 is 10.5 Å². The van der Waals surface area contributed by atoms with E-state index in [1.807, 2.05) is 56.3 Å². The third kappa shape index (κ3) is 7.37. The summed E-state index contributed by atoms with van der Waals surface area (Å²) < 4.78 is 5.66. The smallest absolute Gasteiger partial charge is 0.247 e. The summed E-state index contributed by atoms with van der Waals surface area (Å²) in [6.07, 6.45) is 0.880. The lowest BCUT2D eigenvalue weighted by Gasteiger charge is -2.30. The van der Waals surface area contributed by atoms with Crippen LogP contribution in [0.25, 0.3) is 0 Å². The number of nitrogens with zero attached hydrogens (tertiary/aromatic N) is 6. The minimum Gasteiger partial charge on any atom is -0.476 e. The number of nitriles is 1. The van der Waals surface area contributed by atoms with E-state index in [2.05, 4.69) is 52.4 Å². The summed E-state index contributed by atoms with van der Waals surface area (Å²) in [6, 6.07) is 16.8. The number of aromatic nitrogens is 2. The molecule has 232 valence electrons. The lowest BCUT2D eigenvalue weighted by Crippen LogP contribution is -2.48. The number of hydrazone groups is 1. The number of hydrazine groups is 2. The van der Waals surface area contributed by atoms with E-state index in [1.54, 1.807) is 19.1 Å². The summed E-state index contributed by atoms with van der Waals surface area (Å²) in [6.45, 7) is 6.07. The van der Waals surface area contributed by atoms with Crippen molar-refractivity contribution >= 4 is 40.4 Å². The third-order valence-corrected chi connectivity index (χ3v) is 7.45. The van der Waals surface area contributed by atoms with Gasteiger partial charge in [0.25, 0.3) is 0 Å². The molecule has 4 atom stereocenters. The zero-order valence-corrected chi connectivity index (χ0v) is 25.0. The van der Waals surface area contributed by atoms with Crippen LogP contribution in [-0.4, -0.2) is 34.1 Å². The first-order chi connectivity index (χ1) is 21.7. The Morgan fingerprint density at radius 2 is 1.53 bits per heavy atom. The normalized spacial score (nSPS) is 22.0. The number of carbonyl (C=O) groups is 2. The summed E-state index contributed by atoms with van der Waals surface area (Å²) in [5.41, 5.74) is 23.7. The molecule has 0 spiro atoms. The molecular weight excluding hydrogens is 576 g/mol. The van der Waals surface area contributed by atoms with E-state index in [1.165, 1.54) is 0 Å². The number of hydrogen-bond acceptors (Lipinski definition) is 13. The van der Waals surface area contributed by atoms with E-state index in [0.29, 0.717) is 24.2 Å². The lowest BCUT2D eigenvalue weighted by atomic mass is 9.91. The SMILES string of the molecule is CCOc1nc(/C(C#N)=N/Nc2ccc(C3NNC(=O)C[C@H]3C)cc2)nc(N)c1N=Nc1ccc(C2NNC(=O)C[C@H]2C)cc1. The molecule has 0 saturated carbocycles. The van der Waals surface area contributed by atoms with Gasteiger partial charge in [0.15, 0.2) is 17.3 Å². The van der Waals surface area contributed by atoms with Crippen molar-refractivity contribution in [3.05, 3.63) is 65.5 Å². The first-order valence-corrected chi connectivity index (χ1v) is 14.5. The second kappa shape index (κ2) is 13.9. The second-order valence-corrected chi connectivity index (χ2v) is 10.8. The number of amides is 2. The molecule has 3 heterocycles. The summed E-state index contributed by atoms with van der Waals surface area (Å²) in [4.78, 5) is 31.8. The maximum absolute atomic E-state index is 11.6. The van der Waals surface area contributed by atoms with Crippen LogP contribution < -0.4 is 37.6 Å². The molecule has 2 aliphatic heterocycles. The van der Waals surface area contributed by atoms with Crippen molar-refractivity contribution in [1.29, 1.82) is 5.26 Å². The van der Waals surface area contributed by atoms with Gasteiger partial charge in [-0.15, -0.1) is 5.11 Å². The number of nitrogens with one attached hydrogen (secondary N) is 5. The predicted octanol–water partition coefficient (Wildman–Crippen LogP) is 3.62. The number of nitrogen functional groups attached to an aromatic ring is 1. The minimum atomic E-state index is -0.113. The highest BCUT2D eigenvalue weighted by molar-refractivity contribution is 6.09. The van der Waals surface area contributed by atoms with Gasteiger partial charge in [-0.05, 0) is 54.2 Å². The van der Waals surface area contributed by atoms with Crippen LogP contribution in [0.5, 0.6) is 5.88 Å². The van der Waals surface area contributed by atoms with Gasteiger partial charge in [-0.3, -0.25) is 25.9 Å². The third-order valence-electron chi connectivity index (χ3n) is 7.45. The van der Waals surface area contributed by atoms with Crippen molar-refractivity contribution in [1.82, 2.24) is 31.7 Å². The molecular formula is C30H34N12O3. The molecule has 2 unspecified atom stereocenters. The number of azo groups is 1. The standard InChI is InChI=1S/C30H34N12O3/c1-4-45-30-27(42-36-21-11-7-19(8-12-21)26-17(3)14-24(44)39-41-26)28(32)33-29(34-30)22(15-31)37-35-20-9-5-18(6-10-20)25-16(2)13-23(43)38-40-25/h5-12,16-17,25-26,35,40-41H,4,13-14H2,1-3H3,(H,38,43)(H,39,44)(H2,32,33,34)/b37-22+,42-36?/t16-,17-,25?,26?/m1/s1. The number of carbonyl (C=O) groups excluding carboxylic acids is 2. The summed E-state index contributed by atoms with van der Waals surface area (Å²) >= 11 is 0. The van der Waals surface area contributed by atoms with Gasteiger partial charge >= 0.3 is 0 Å². The lowest BCUT2D eigenvalue weighted by molar-refractivity contribution is -0.126. The first kappa shape index (κ1) is 31.0. The molecule has 2 fully saturated rings. The van der Waals surface area contributed by atoms with Gasteiger partial charge in [0.05, 0.1) is 30.1 Å². The monoisotopic (exact) mass is 610 g/mol. The molecule has 1 aromatic heterocycles. The number of anilines is 2. The molecule has 7 N–H and O–H groups in total. The van der Waals surface area contributed by atoms with Gasteiger partial charge in [0.1, 0.15) is 6.07 Å². The first-order valence-electron chi connectivity index (χ1n) is 14.5. The second-order valence-electron chi connectivity index (χ2n) is 10.8. The highest BCUT2D eigenvalue weighted by Gasteiger charge is 2.27. The average Bonchev–Trinajstić information content (AvgIpc) is 3.02. The zero-order chi connectivity index (χ0) is 31.9. The summed E-state index contributed by atoms with van der Waals surface area (Å²) in [7, 11) is 0. The molecule has 3 aromatic rings. The maximum atomic E-state index is 11.6. The molecule has 15 nitrogen and oxygen atoms in total. The van der Waals surface area contributed by atoms with Crippen LogP contribution >= 0.6 is 0 Å². The van der Waals surface area contributed by atoms with Gasteiger partial charge in [0.2, 0.25) is 23.4 Å². The van der Waals surface area contributed by atoms with E-state index < -0.39 is 0 Å². The van der Waals surface area contributed by atoms with Crippen LogP contribution in [0.2, 0.25) is 0 Å². The fourth-order valence-electron chi connectivity index (χ4n) is 5.10. The van der Waals surface area contributed by atoms with Gasteiger partial charge in [-0.25, -0.2) is 15.8 Å². The number of nitrogens with two attached hydrogens (primary N) is 1. The molecule has 2 amide bonds. The molecule has 0 bridgehead atoms. The van der Waals surface area contributed by atoms with Gasteiger partial charge in [0, 0.05) is 12.8 Å². The molecule has 0 radical (unpaired) electrons. The Morgan fingerprint density at radius 3 is 2.07 bits per heavy atom. The average molecular weight is 611 g/mol. The molecule has 2 aliphatic rings. The van der Waals surface area contributed by atoms with Crippen LogP contribution in [0.3, 0.4) is 0 Å². The van der Waals surface area contributed by atoms with E-state index in [0.717, 1.165) is 11.1 Å². The Morgan fingerprint density at radius 1 is 0.956 bits per heavy atom. The number of ether oxygens (including phenoxy) is 1. The maximum Gasteiger partial charge on any atom is 0.247 e. The molecule has 45 heavy (non-hydrogen) atoms. The van der Waals surface area contributed by atoms with Crippen LogP contribution in [0.4, 0.5) is 22.9 Å². The van der Waals surface area contributed by atoms with Crippen LogP contribution in [-0.2, 0) is 9.59 Å². The van der Waals surface area contributed by atoms with Crippen molar-refractivity contribution in [3.63, 3.8) is 0 Å². The highest BCUT2D eigenvalue weighted by Crippen LogP contribution is 2.34. The highest BCUT2D eigenvalue weighted by atomic mass is 16.5. The van der Waals surface area contributed by atoms with E-state index in [4.69, 9.17) is 10.5 Å². The summed E-state index contributed by atoms with van der Waals surface area (Å²) in [5, 5.41) is 22.5. The van der Waals surface area contributed by atoms with Crippen molar-refractivity contribution in [3.8, 4) is 11.9 Å². The van der Waals surface area contributed by atoms with Crippen molar-refractivity contribution < 1.29 is 14.3 Å². The quantitative estimate of drug-likeness (QED) is 0.117. The molecule has 15 heteroatoms. The van der Waals surface area contributed by atoms with Crippen molar-refractivity contribution in [2.24, 2.45) is 27.2 Å². The predicted molar refractivity (Wildman–Crippen MR) is 166 cm³/mol. The van der Waals surface area contributed by atoms with Crippen molar-refractivity contribution in [2.75, 3.05) is 17.8 Å². The van der Waals surface area contributed by atoms with E-state index >= 15 is 0 Å².